The number of hydrogen-bond acceptors (Lipinski definition) is 5. The molecule has 1 heterocycles. The molecule has 0 aliphatic rings. The van der Waals surface area contributed by atoms with E-state index in [1.165, 1.54) is 6.33 Å². The smallest absolute Gasteiger partial charge is 0.311 e. The van der Waals surface area contributed by atoms with Crippen molar-refractivity contribution in [1.82, 2.24) is 9.97 Å². The molecule has 110 valence electrons. The van der Waals surface area contributed by atoms with Gasteiger partial charge < -0.3 is 4.74 Å². The zero-order valence-electron chi connectivity index (χ0n) is 11.2. The summed E-state index contributed by atoms with van der Waals surface area (Å²) in [5.74, 6) is -0.890. The highest BCUT2D eigenvalue weighted by atomic mass is 35.5. The van der Waals surface area contributed by atoms with Gasteiger partial charge in [-0.2, -0.15) is 0 Å². The third-order valence-electron chi connectivity index (χ3n) is 2.70. The average Bonchev–Trinajstić information content (AvgIpc) is 2.37. The first-order valence-corrected chi connectivity index (χ1v) is 6.40. The van der Waals surface area contributed by atoms with Crippen molar-refractivity contribution in [2.24, 2.45) is 0 Å². The molecular formula is C13H11ClFN3O3. The first kappa shape index (κ1) is 15.1. The summed E-state index contributed by atoms with van der Waals surface area (Å²) in [5, 5.41) is 11.1. The molecule has 0 aliphatic carbocycles. The summed E-state index contributed by atoms with van der Waals surface area (Å²) in [5.41, 5.74) is 0.138. The Labute approximate surface area is 124 Å². The van der Waals surface area contributed by atoms with Crippen LogP contribution in [0.5, 0.6) is 11.6 Å². The van der Waals surface area contributed by atoms with Crippen molar-refractivity contribution in [2.75, 3.05) is 0 Å². The summed E-state index contributed by atoms with van der Waals surface area (Å²) in [6.07, 6.45) is 1.18. The molecule has 1 aromatic carbocycles. The topological polar surface area (TPSA) is 78.2 Å². The van der Waals surface area contributed by atoms with E-state index in [0.29, 0.717) is 5.56 Å². The minimum atomic E-state index is -0.660. The highest BCUT2D eigenvalue weighted by Gasteiger charge is 2.21. The molecule has 0 spiro atoms. The van der Waals surface area contributed by atoms with Crippen LogP contribution in [0.1, 0.15) is 25.3 Å². The van der Waals surface area contributed by atoms with Crippen molar-refractivity contribution < 1.29 is 14.1 Å². The van der Waals surface area contributed by atoms with Gasteiger partial charge in [-0.05, 0) is 12.0 Å². The van der Waals surface area contributed by atoms with Gasteiger partial charge in [-0.15, -0.1) is 0 Å². The molecule has 0 bridgehead atoms. The summed E-state index contributed by atoms with van der Waals surface area (Å²) >= 11 is 5.99. The lowest BCUT2D eigenvalue weighted by molar-refractivity contribution is -0.385. The number of aromatic nitrogens is 2. The first-order valence-electron chi connectivity index (χ1n) is 6.02. The Balaban J connectivity index is 2.50. The van der Waals surface area contributed by atoms with Gasteiger partial charge in [-0.25, -0.2) is 14.4 Å². The lowest BCUT2D eigenvalue weighted by Crippen LogP contribution is -2.01. The number of ether oxygens (including phenoxy) is 1. The van der Waals surface area contributed by atoms with Gasteiger partial charge in [0.25, 0.3) is 0 Å². The van der Waals surface area contributed by atoms with Crippen LogP contribution in [0.25, 0.3) is 0 Å². The van der Waals surface area contributed by atoms with Gasteiger partial charge in [0.1, 0.15) is 17.3 Å². The van der Waals surface area contributed by atoms with E-state index < -0.39 is 10.7 Å². The molecule has 1 aromatic heterocycles. The SMILES string of the molecule is CC(C)c1c(Cl)ncnc1Oc1cc(F)ccc1[N+](=O)[O-]. The summed E-state index contributed by atoms with van der Waals surface area (Å²) in [6, 6.07) is 2.95. The molecule has 21 heavy (non-hydrogen) atoms. The van der Waals surface area contributed by atoms with E-state index in [0.717, 1.165) is 18.2 Å². The van der Waals surface area contributed by atoms with Gasteiger partial charge >= 0.3 is 5.69 Å². The molecule has 0 fully saturated rings. The number of halogens is 2. The van der Waals surface area contributed by atoms with Gasteiger partial charge in [-0.1, -0.05) is 25.4 Å². The van der Waals surface area contributed by atoms with Crippen LogP contribution in [0.4, 0.5) is 10.1 Å². The molecule has 0 atom stereocenters. The van der Waals surface area contributed by atoms with E-state index in [1.54, 1.807) is 0 Å². The van der Waals surface area contributed by atoms with Gasteiger partial charge in [0.05, 0.1) is 10.5 Å². The van der Waals surface area contributed by atoms with Crippen molar-refractivity contribution in [1.29, 1.82) is 0 Å². The predicted octanol–water partition coefficient (Wildman–Crippen LogP) is 4.09. The minimum Gasteiger partial charge on any atom is -0.431 e. The minimum absolute atomic E-state index is 0.0682. The molecule has 0 unspecified atom stereocenters. The normalized spacial score (nSPS) is 10.7. The Morgan fingerprint density at radius 1 is 1.38 bits per heavy atom. The van der Waals surface area contributed by atoms with Gasteiger partial charge in [0.15, 0.2) is 0 Å². The molecule has 0 radical (unpaired) electrons. The number of nitro benzene ring substituents is 1. The first-order chi connectivity index (χ1) is 9.90. The molecule has 6 nitrogen and oxygen atoms in total. The van der Waals surface area contributed by atoms with E-state index in [2.05, 4.69) is 9.97 Å². The Bertz CT molecular complexity index is 694. The van der Waals surface area contributed by atoms with Crippen molar-refractivity contribution >= 4 is 17.3 Å². The fourth-order valence-electron chi connectivity index (χ4n) is 1.75. The number of hydrogen-bond donors (Lipinski definition) is 0. The van der Waals surface area contributed by atoms with E-state index in [1.807, 2.05) is 13.8 Å². The van der Waals surface area contributed by atoms with Crippen LogP contribution in [-0.2, 0) is 0 Å². The second-order valence-corrected chi connectivity index (χ2v) is 4.87. The van der Waals surface area contributed by atoms with Crippen LogP contribution in [0.15, 0.2) is 24.5 Å². The fourth-order valence-corrected chi connectivity index (χ4v) is 2.09. The number of benzene rings is 1. The number of nitrogens with zero attached hydrogens (tertiary/aromatic N) is 3. The molecule has 2 aromatic rings. The maximum atomic E-state index is 13.3. The fraction of sp³-hybridized carbons (Fsp3) is 0.231. The summed E-state index contributed by atoms with van der Waals surface area (Å²) in [4.78, 5) is 18.1. The predicted molar refractivity (Wildman–Crippen MR) is 74.3 cm³/mol. The highest BCUT2D eigenvalue weighted by molar-refractivity contribution is 6.30. The Morgan fingerprint density at radius 3 is 2.71 bits per heavy atom. The van der Waals surface area contributed by atoms with Crippen LogP contribution >= 0.6 is 11.6 Å². The second kappa shape index (κ2) is 6.01. The van der Waals surface area contributed by atoms with Crippen molar-refractivity contribution in [3.8, 4) is 11.6 Å². The standard InChI is InChI=1S/C13H11ClFN3O3/c1-7(2)11-12(14)16-6-17-13(11)21-10-5-8(15)3-4-9(10)18(19)20/h3-7H,1-2H3. The molecule has 0 amide bonds. The second-order valence-electron chi connectivity index (χ2n) is 4.51. The zero-order chi connectivity index (χ0) is 15.6. The van der Waals surface area contributed by atoms with Crippen molar-refractivity contribution in [3.63, 3.8) is 0 Å². The summed E-state index contributed by atoms with van der Waals surface area (Å²) in [6.45, 7) is 3.69. The molecule has 0 aliphatic heterocycles. The molecule has 8 heteroatoms. The summed E-state index contributed by atoms with van der Waals surface area (Å²) < 4.78 is 18.7. The molecule has 2 rings (SSSR count). The molecule has 0 saturated carbocycles. The van der Waals surface area contributed by atoms with E-state index in [4.69, 9.17) is 16.3 Å². The highest BCUT2D eigenvalue weighted by Crippen LogP contribution is 2.36. The molecular weight excluding hydrogens is 301 g/mol. The lowest BCUT2D eigenvalue weighted by atomic mass is 10.1. The zero-order valence-corrected chi connectivity index (χ0v) is 12.0. The van der Waals surface area contributed by atoms with Crippen LogP contribution < -0.4 is 4.74 Å². The van der Waals surface area contributed by atoms with E-state index in [-0.39, 0.29) is 28.4 Å². The van der Waals surface area contributed by atoms with Crippen LogP contribution in [0, 0.1) is 15.9 Å². The maximum Gasteiger partial charge on any atom is 0.311 e. The van der Waals surface area contributed by atoms with Crippen LogP contribution in [-0.4, -0.2) is 14.9 Å². The quantitative estimate of drug-likeness (QED) is 0.482. The lowest BCUT2D eigenvalue weighted by Gasteiger charge is -2.13. The third-order valence-corrected chi connectivity index (χ3v) is 3.00. The monoisotopic (exact) mass is 311 g/mol. The van der Waals surface area contributed by atoms with Gasteiger partial charge in [0.2, 0.25) is 11.6 Å². The molecule has 0 saturated heterocycles. The number of nitro groups is 1. The van der Waals surface area contributed by atoms with E-state index >= 15 is 0 Å². The van der Waals surface area contributed by atoms with Crippen LogP contribution in [0.2, 0.25) is 5.15 Å². The Kier molecular flexibility index (Phi) is 4.32. The Morgan fingerprint density at radius 2 is 2.10 bits per heavy atom. The van der Waals surface area contributed by atoms with Crippen molar-refractivity contribution in [3.05, 3.63) is 51.2 Å². The molecule has 0 N–H and O–H groups in total. The third kappa shape index (κ3) is 3.25. The average molecular weight is 312 g/mol. The van der Waals surface area contributed by atoms with Crippen molar-refractivity contribution in [2.45, 2.75) is 19.8 Å². The maximum absolute atomic E-state index is 13.3. The summed E-state index contributed by atoms with van der Waals surface area (Å²) in [7, 11) is 0. The largest absolute Gasteiger partial charge is 0.431 e. The van der Waals surface area contributed by atoms with Gasteiger partial charge in [-0.3, -0.25) is 10.1 Å². The van der Waals surface area contributed by atoms with Gasteiger partial charge in [0, 0.05) is 12.1 Å². The number of rotatable bonds is 4. The van der Waals surface area contributed by atoms with Crippen LogP contribution in [0.3, 0.4) is 0 Å². The Hall–Kier alpha value is -2.28. The van der Waals surface area contributed by atoms with E-state index in [9.17, 15) is 14.5 Å².